The maximum absolute atomic E-state index is 12.1. The zero-order chi connectivity index (χ0) is 28.4. The minimum absolute atomic E-state index is 0.0617. The summed E-state index contributed by atoms with van der Waals surface area (Å²) in [6.45, 7) is 9.36. The van der Waals surface area contributed by atoms with Gasteiger partial charge >= 0.3 is 0 Å². The summed E-state index contributed by atoms with van der Waals surface area (Å²) in [5.41, 5.74) is 8.43. The topological polar surface area (TPSA) is 138 Å². The van der Waals surface area contributed by atoms with Crippen LogP contribution in [0.1, 0.15) is 41.7 Å². The molecule has 3 aromatic heterocycles. The van der Waals surface area contributed by atoms with Gasteiger partial charge in [0.25, 0.3) is 0 Å². The van der Waals surface area contributed by atoms with Gasteiger partial charge in [0.05, 0.1) is 11.0 Å². The number of nitriles is 1. The second-order valence-electron chi connectivity index (χ2n) is 10.6. The van der Waals surface area contributed by atoms with Crippen molar-refractivity contribution in [3.8, 4) is 23.5 Å². The van der Waals surface area contributed by atoms with Gasteiger partial charge in [0.1, 0.15) is 23.4 Å². The molecule has 40 heavy (non-hydrogen) atoms. The molecule has 1 saturated heterocycles. The molecule has 4 heterocycles. The standard InChI is InChI=1S/C28H34N8O3S/c1-5-23(37)36-11-9-35(10-12-36)18-15-20(31-22(16-18)38-14-13-34(3)4)26-32-27(39-33-26)28(2)8-6-7-21-24(28)19(17-29)25(30)40-21/h5,15-16H,1,6-14,30H2,2-4H3. The minimum atomic E-state index is -0.616. The molecule has 0 bridgehead atoms. The number of carbonyl (C=O) groups is 1. The van der Waals surface area contributed by atoms with Crippen LogP contribution in [0.3, 0.4) is 0 Å². The van der Waals surface area contributed by atoms with Gasteiger partial charge in [0.2, 0.25) is 23.5 Å². The van der Waals surface area contributed by atoms with Crippen LogP contribution in [0.15, 0.2) is 29.3 Å². The number of likely N-dealkylation sites (N-methyl/N-ethyl adjacent to an activating group) is 1. The van der Waals surface area contributed by atoms with Gasteiger partial charge in [-0.05, 0) is 52.4 Å². The van der Waals surface area contributed by atoms with Crippen LogP contribution >= 0.6 is 11.3 Å². The van der Waals surface area contributed by atoms with E-state index in [0.717, 1.165) is 41.9 Å². The van der Waals surface area contributed by atoms with Crippen molar-refractivity contribution >= 4 is 27.9 Å². The second kappa shape index (κ2) is 11.3. The first-order valence-corrected chi connectivity index (χ1v) is 14.2. The van der Waals surface area contributed by atoms with Gasteiger partial charge in [0.15, 0.2) is 0 Å². The molecular weight excluding hydrogens is 528 g/mol. The summed E-state index contributed by atoms with van der Waals surface area (Å²) in [5, 5.41) is 14.7. The molecule has 2 N–H and O–H groups in total. The molecule has 1 aliphatic carbocycles. The van der Waals surface area contributed by atoms with Crippen molar-refractivity contribution in [1.82, 2.24) is 24.9 Å². The van der Waals surface area contributed by atoms with E-state index in [-0.39, 0.29) is 5.91 Å². The average Bonchev–Trinajstić information content (AvgIpc) is 3.58. The predicted molar refractivity (Wildman–Crippen MR) is 153 cm³/mol. The Kier molecular flexibility index (Phi) is 7.78. The van der Waals surface area contributed by atoms with E-state index in [9.17, 15) is 10.1 Å². The molecular formula is C28H34N8O3S. The van der Waals surface area contributed by atoms with Gasteiger partial charge < -0.3 is 29.7 Å². The summed E-state index contributed by atoms with van der Waals surface area (Å²) in [4.78, 5) is 28.7. The molecule has 1 fully saturated rings. The Labute approximate surface area is 237 Å². The third-order valence-corrected chi connectivity index (χ3v) is 8.66. The van der Waals surface area contributed by atoms with Crippen molar-refractivity contribution in [1.29, 1.82) is 5.26 Å². The number of anilines is 2. The number of fused-ring (bicyclic) bond motifs is 1. The van der Waals surface area contributed by atoms with E-state index >= 15 is 0 Å². The number of amides is 1. The maximum atomic E-state index is 12.1. The molecule has 3 aromatic rings. The number of aryl methyl sites for hydroxylation is 1. The number of piperazine rings is 1. The summed E-state index contributed by atoms with van der Waals surface area (Å²) < 4.78 is 11.9. The number of aromatic nitrogens is 3. The number of thiophene rings is 1. The van der Waals surface area contributed by atoms with Gasteiger partial charge in [-0.2, -0.15) is 10.2 Å². The zero-order valence-electron chi connectivity index (χ0n) is 23.1. The van der Waals surface area contributed by atoms with Crippen molar-refractivity contribution < 1.29 is 14.1 Å². The van der Waals surface area contributed by atoms with Crippen LogP contribution in [0.4, 0.5) is 10.7 Å². The molecule has 210 valence electrons. The first kappa shape index (κ1) is 27.6. The van der Waals surface area contributed by atoms with E-state index in [1.807, 2.05) is 38.1 Å². The Hall–Kier alpha value is -3.95. The average molecular weight is 563 g/mol. The highest BCUT2D eigenvalue weighted by molar-refractivity contribution is 7.16. The van der Waals surface area contributed by atoms with Gasteiger partial charge in [-0.25, -0.2) is 4.98 Å². The smallest absolute Gasteiger partial charge is 0.246 e. The molecule has 1 unspecified atom stereocenters. The summed E-state index contributed by atoms with van der Waals surface area (Å²) >= 11 is 1.47. The van der Waals surface area contributed by atoms with Gasteiger partial charge in [-0.3, -0.25) is 4.79 Å². The lowest BCUT2D eigenvalue weighted by atomic mass is 9.72. The monoisotopic (exact) mass is 562 g/mol. The highest BCUT2D eigenvalue weighted by Crippen LogP contribution is 2.48. The number of carbonyl (C=O) groups excluding carboxylic acids is 1. The lowest BCUT2D eigenvalue weighted by Crippen LogP contribution is -2.48. The quantitative estimate of drug-likeness (QED) is 0.408. The van der Waals surface area contributed by atoms with E-state index < -0.39 is 5.41 Å². The van der Waals surface area contributed by atoms with Crippen LogP contribution in [0.5, 0.6) is 5.88 Å². The number of nitrogen functional groups attached to an aromatic ring is 1. The molecule has 1 atom stereocenters. The first-order chi connectivity index (χ1) is 19.2. The fraction of sp³-hybridized carbons (Fsp3) is 0.464. The summed E-state index contributed by atoms with van der Waals surface area (Å²) in [5.74, 6) is 1.20. The van der Waals surface area contributed by atoms with E-state index in [4.69, 9.17) is 25.0 Å². The summed E-state index contributed by atoms with van der Waals surface area (Å²) in [6, 6.07) is 6.12. The Bertz CT molecular complexity index is 1450. The number of hydrogen-bond donors (Lipinski definition) is 1. The van der Waals surface area contributed by atoms with Crippen molar-refractivity contribution in [2.75, 3.05) is 64.1 Å². The van der Waals surface area contributed by atoms with Gasteiger partial charge in [0, 0.05) is 54.9 Å². The largest absolute Gasteiger partial charge is 0.476 e. The normalized spacial score (nSPS) is 18.9. The van der Waals surface area contributed by atoms with Gasteiger partial charge in [-0.1, -0.05) is 11.7 Å². The first-order valence-electron chi connectivity index (χ1n) is 13.4. The van der Waals surface area contributed by atoms with Crippen molar-refractivity contribution in [2.45, 2.75) is 31.6 Å². The highest BCUT2D eigenvalue weighted by atomic mass is 32.1. The van der Waals surface area contributed by atoms with Crippen molar-refractivity contribution in [3.05, 3.63) is 46.7 Å². The van der Waals surface area contributed by atoms with Crippen molar-refractivity contribution in [2.24, 2.45) is 0 Å². The predicted octanol–water partition coefficient (Wildman–Crippen LogP) is 3.06. The molecule has 0 radical (unpaired) electrons. The fourth-order valence-electron chi connectivity index (χ4n) is 5.37. The van der Waals surface area contributed by atoms with Crippen LogP contribution in [-0.4, -0.2) is 84.3 Å². The Morgan fingerprint density at radius 2 is 2.10 bits per heavy atom. The molecule has 5 rings (SSSR count). The number of nitrogens with zero attached hydrogens (tertiary/aromatic N) is 7. The molecule has 12 heteroatoms. The number of hydrogen-bond acceptors (Lipinski definition) is 11. The van der Waals surface area contributed by atoms with Crippen LogP contribution in [0.25, 0.3) is 11.5 Å². The molecule has 1 amide bonds. The number of pyridine rings is 1. The SMILES string of the molecule is C=CC(=O)N1CCN(c2cc(OCCN(C)C)nc(-c3noc(C4(C)CCCc5sc(N)c(C#N)c54)n3)c2)CC1. The van der Waals surface area contributed by atoms with Gasteiger partial charge in [-0.15, -0.1) is 11.3 Å². The molecule has 0 spiro atoms. The lowest BCUT2D eigenvalue weighted by Gasteiger charge is -2.35. The van der Waals surface area contributed by atoms with E-state index in [0.29, 0.717) is 66.6 Å². The summed E-state index contributed by atoms with van der Waals surface area (Å²) in [6.07, 6.45) is 3.94. The number of ether oxygens (including phenoxy) is 1. The second-order valence-corrected chi connectivity index (χ2v) is 11.7. The highest BCUT2D eigenvalue weighted by Gasteiger charge is 2.43. The molecule has 0 saturated carbocycles. The van der Waals surface area contributed by atoms with E-state index in [2.05, 4.69) is 22.7 Å². The third-order valence-electron chi connectivity index (χ3n) is 7.59. The Balaban J connectivity index is 1.47. The number of nitrogens with two attached hydrogens (primary N) is 1. The molecule has 0 aromatic carbocycles. The fourth-order valence-corrected chi connectivity index (χ4v) is 6.56. The minimum Gasteiger partial charge on any atom is -0.476 e. The van der Waals surface area contributed by atoms with E-state index in [1.54, 1.807) is 4.90 Å². The van der Waals surface area contributed by atoms with Crippen LogP contribution in [-0.2, 0) is 16.6 Å². The Morgan fingerprint density at radius 3 is 2.80 bits per heavy atom. The molecule has 1 aliphatic heterocycles. The zero-order valence-corrected chi connectivity index (χ0v) is 24.0. The summed E-state index contributed by atoms with van der Waals surface area (Å²) in [7, 11) is 3.97. The molecule has 11 nitrogen and oxygen atoms in total. The van der Waals surface area contributed by atoms with Crippen molar-refractivity contribution in [3.63, 3.8) is 0 Å². The van der Waals surface area contributed by atoms with Crippen LogP contribution < -0.4 is 15.4 Å². The van der Waals surface area contributed by atoms with E-state index in [1.165, 1.54) is 17.4 Å². The third kappa shape index (κ3) is 5.26. The molecule has 2 aliphatic rings. The Morgan fingerprint density at radius 1 is 1.32 bits per heavy atom. The van der Waals surface area contributed by atoms with Crippen LogP contribution in [0, 0.1) is 11.3 Å². The number of rotatable bonds is 8. The maximum Gasteiger partial charge on any atom is 0.246 e. The lowest BCUT2D eigenvalue weighted by molar-refractivity contribution is -0.126. The van der Waals surface area contributed by atoms with Crippen LogP contribution in [0.2, 0.25) is 0 Å².